The molecular weight excluding hydrogens is 338 g/mol. The van der Waals surface area contributed by atoms with Gasteiger partial charge in [-0.3, -0.25) is 9.52 Å². The van der Waals surface area contributed by atoms with Gasteiger partial charge in [-0.05, 0) is 36.8 Å². The molecule has 134 valence electrons. The van der Waals surface area contributed by atoms with Crippen LogP contribution in [0.4, 0.5) is 11.4 Å². The molecule has 0 aliphatic rings. The molecule has 0 heterocycles. The highest BCUT2D eigenvalue weighted by atomic mass is 32.2. The van der Waals surface area contributed by atoms with Gasteiger partial charge in [-0.1, -0.05) is 30.3 Å². The van der Waals surface area contributed by atoms with E-state index in [0.29, 0.717) is 5.69 Å². The van der Waals surface area contributed by atoms with E-state index in [4.69, 9.17) is 0 Å². The summed E-state index contributed by atoms with van der Waals surface area (Å²) in [6, 6.07) is 16.4. The minimum absolute atomic E-state index is 0.111. The molecule has 25 heavy (non-hydrogen) atoms. The zero-order valence-corrected chi connectivity index (χ0v) is 15.4. The van der Waals surface area contributed by atoms with Crippen LogP contribution in [0.15, 0.2) is 54.6 Å². The van der Waals surface area contributed by atoms with Gasteiger partial charge in [0.15, 0.2) is 0 Å². The fourth-order valence-electron chi connectivity index (χ4n) is 2.45. The summed E-state index contributed by atoms with van der Waals surface area (Å²) in [5.74, 6) is -0.111. The van der Waals surface area contributed by atoms with E-state index in [1.54, 1.807) is 18.2 Å². The van der Waals surface area contributed by atoms with E-state index < -0.39 is 10.0 Å². The molecule has 1 unspecified atom stereocenters. The largest absolute Gasteiger partial charge is 0.365 e. The van der Waals surface area contributed by atoms with Gasteiger partial charge in [0, 0.05) is 18.4 Å². The summed E-state index contributed by atoms with van der Waals surface area (Å²) in [6.07, 6.45) is 1.10. The van der Waals surface area contributed by atoms with E-state index in [-0.39, 0.29) is 18.5 Å². The fraction of sp³-hybridized carbons (Fsp3) is 0.278. The Labute approximate surface area is 148 Å². The lowest BCUT2D eigenvalue weighted by atomic mass is 10.1. The van der Waals surface area contributed by atoms with Crippen LogP contribution in [-0.2, 0) is 14.8 Å². The Morgan fingerprint density at radius 1 is 1.12 bits per heavy atom. The predicted octanol–water partition coefficient (Wildman–Crippen LogP) is 2.37. The van der Waals surface area contributed by atoms with Crippen LogP contribution in [0.2, 0.25) is 0 Å². The summed E-state index contributed by atoms with van der Waals surface area (Å²) in [7, 11) is -1.48. The maximum absolute atomic E-state index is 12.3. The molecule has 2 rings (SSSR count). The first-order chi connectivity index (χ1) is 11.7. The zero-order valence-electron chi connectivity index (χ0n) is 14.6. The molecule has 6 nitrogen and oxygen atoms in total. The van der Waals surface area contributed by atoms with Gasteiger partial charge in [-0.15, -0.1) is 0 Å². The molecule has 0 aromatic heterocycles. The predicted molar refractivity (Wildman–Crippen MR) is 101 cm³/mol. The van der Waals surface area contributed by atoms with E-state index in [0.717, 1.165) is 17.5 Å². The highest BCUT2D eigenvalue weighted by Gasteiger charge is 2.13. The average Bonchev–Trinajstić information content (AvgIpc) is 2.54. The van der Waals surface area contributed by atoms with Gasteiger partial charge in [0.1, 0.15) is 0 Å². The number of sulfonamides is 1. The fourth-order valence-corrected chi connectivity index (χ4v) is 3.00. The molecule has 7 heteroatoms. The number of anilines is 2. The smallest absolute Gasteiger partial charge is 0.239 e. The first-order valence-corrected chi connectivity index (χ1v) is 9.77. The third-order valence-electron chi connectivity index (χ3n) is 3.65. The van der Waals surface area contributed by atoms with Crippen molar-refractivity contribution in [3.8, 4) is 0 Å². The number of carbonyl (C=O) groups excluding carboxylic acids is 1. The lowest BCUT2D eigenvalue weighted by Gasteiger charge is -2.21. The van der Waals surface area contributed by atoms with E-state index in [2.05, 4.69) is 10.0 Å². The van der Waals surface area contributed by atoms with Crippen LogP contribution >= 0.6 is 0 Å². The second kappa shape index (κ2) is 8.02. The van der Waals surface area contributed by atoms with Gasteiger partial charge in [-0.25, -0.2) is 8.42 Å². The van der Waals surface area contributed by atoms with Crippen molar-refractivity contribution in [3.05, 3.63) is 60.2 Å². The summed E-state index contributed by atoms with van der Waals surface area (Å²) in [5.41, 5.74) is 2.26. The first kappa shape index (κ1) is 18.8. The van der Waals surface area contributed by atoms with Crippen molar-refractivity contribution in [3.63, 3.8) is 0 Å². The standard InChI is InChI=1S/C18H23N3O3S/c1-14(15-8-7-9-16(12-15)20-25(3,23)24)19-18(22)13-21(2)17-10-5-4-6-11-17/h4-12,14,20H,13H2,1-3H3,(H,19,22). The summed E-state index contributed by atoms with van der Waals surface area (Å²) in [6.45, 7) is 2.09. The molecule has 0 spiro atoms. The van der Waals surface area contributed by atoms with Crippen LogP contribution < -0.4 is 14.9 Å². The Morgan fingerprint density at radius 3 is 2.44 bits per heavy atom. The van der Waals surface area contributed by atoms with Crippen molar-refractivity contribution in [2.75, 3.05) is 29.5 Å². The van der Waals surface area contributed by atoms with Gasteiger partial charge in [0.2, 0.25) is 15.9 Å². The van der Waals surface area contributed by atoms with Crippen LogP contribution in [0.1, 0.15) is 18.5 Å². The Hall–Kier alpha value is -2.54. The molecule has 0 saturated heterocycles. The molecule has 0 radical (unpaired) electrons. The van der Waals surface area contributed by atoms with Crippen molar-refractivity contribution in [2.45, 2.75) is 13.0 Å². The number of benzene rings is 2. The van der Waals surface area contributed by atoms with Crippen molar-refractivity contribution >= 4 is 27.3 Å². The second-order valence-electron chi connectivity index (χ2n) is 5.98. The van der Waals surface area contributed by atoms with Crippen LogP contribution in [0.3, 0.4) is 0 Å². The molecule has 0 aliphatic heterocycles. The van der Waals surface area contributed by atoms with Crippen LogP contribution in [-0.4, -0.2) is 34.2 Å². The molecule has 2 aromatic rings. The molecule has 0 saturated carbocycles. The molecule has 1 atom stereocenters. The average molecular weight is 361 g/mol. The lowest BCUT2D eigenvalue weighted by molar-refractivity contribution is -0.120. The van der Waals surface area contributed by atoms with Gasteiger partial charge in [-0.2, -0.15) is 0 Å². The number of hydrogen-bond acceptors (Lipinski definition) is 4. The van der Waals surface area contributed by atoms with E-state index in [1.807, 2.05) is 55.3 Å². The van der Waals surface area contributed by atoms with Gasteiger partial charge >= 0.3 is 0 Å². The summed E-state index contributed by atoms with van der Waals surface area (Å²) in [4.78, 5) is 14.1. The number of hydrogen-bond donors (Lipinski definition) is 2. The van der Waals surface area contributed by atoms with Crippen LogP contribution in [0.25, 0.3) is 0 Å². The topological polar surface area (TPSA) is 78.5 Å². The SMILES string of the molecule is CC(NC(=O)CN(C)c1ccccc1)c1cccc(NS(C)(=O)=O)c1. The number of para-hydroxylation sites is 1. The molecule has 2 aromatic carbocycles. The second-order valence-corrected chi connectivity index (χ2v) is 7.73. The number of amides is 1. The number of likely N-dealkylation sites (N-methyl/N-ethyl adjacent to an activating group) is 1. The Balaban J connectivity index is 1.98. The highest BCUT2D eigenvalue weighted by Crippen LogP contribution is 2.18. The summed E-state index contributed by atoms with van der Waals surface area (Å²) >= 11 is 0. The monoisotopic (exact) mass is 361 g/mol. The third-order valence-corrected chi connectivity index (χ3v) is 4.25. The van der Waals surface area contributed by atoms with E-state index in [1.165, 1.54) is 0 Å². The van der Waals surface area contributed by atoms with Crippen LogP contribution in [0, 0.1) is 0 Å². The maximum Gasteiger partial charge on any atom is 0.239 e. The van der Waals surface area contributed by atoms with E-state index >= 15 is 0 Å². The van der Waals surface area contributed by atoms with Gasteiger partial charge in [0.05, 0.1) is 18.8 Å². The van der Waals surface area contributed by atoms with Crippen molar-refractivity contribution < 1.29 is 13.2 Å². The Bertz CT molecular complexity index is 822. The number of carbonyl (C=O) groups is 1. The highest BCUT2D eigenvalue weighted by molar-refractivity contribution is 7.92. The number of rotatable bonds is 7. The Kier molecular flexibility index (Phi) is 6.03. The molecular formula is C18H23N3O3S. The molecule has 0 bridgehead atoms. The lowest BCUT2D eigenvalue weighted by Crippen LogP contribution is -2.36. The van der Waals surface area contributed by atoms with Crippen molar-refractivity contribution in [1.82, 2.24) is 5.32 Å². The molecule has 0 fully saturated rings. The Morgan fingerprint density at radius 2 is 1.80 bits per heavy atom. The van der Waals surface area contributed by atoms with Gasteiger partial charge in [0.25, 0.3) is 0 Å². The van der Waals surface area contributed by atoms with Crippen LogP contribution in [0.5, 0.6) is 0 Å². The third kappa shape index (κ3) is 6.11. The first-order valence-electron chi connectivity index (χ1n) is 7.88. The minimum Gasteiger partial charge on any atom is -0.365 e. The number of nitrogens with zero attached hydrogens (tertiary/aromatic N) is 1. The quantitative estimate of drug-likeness (QED) is 0.794. The van der Waals surface area contributed by atoms with Crippen molar-refractivity contribution in [2.24, 2.45) is 0 Å². The maximum atomic E-state index is 12.3. The van der Waals surface area contributed by atoms with E-state index in [9.17, 15) is 13.2 Å². The molecule has 1 amide bonds. The van der Waals surface area contributed by atoms with Gasteiger partial charge < -0.3 is 10.2 Å². The molecule has 2 N–H and O–H groups in total. The normalized spacial score (nSPS) is 12.3. The number of nitrogens with one attached hydrogen (secondary N) is 2. The molecule has 0 aliphatic carbocycles. The van der Waals surface area contributed by atoms with Crippen molar-refractivity contribution in [1.29, 1.82) is 0 Å². The zero-order chi connectivity index (χ0) is 18.4. The summed E-state index contributed by atoms with van der Waals surface area (Å²) < 4.78 is 25.1. The minimum atomic E-state index is -3.33. The summed E-state index contributed by atoms with van der Waals surface area (Å²) in [5, 5.41) is 2.93.